The lowest BCUT2D eigenvalue weighted by Crippen LogP contribution is -2.26. The molecule has 0 unspecified atom stereocenters. The lowest BCUT2D eigenvalue weighted by molar-refractivity contribution is -0.117. The van der Waals surface area contributed by atoms with Crippen LogP contribution < -0.4 is 20.1 Å². The van der Waals surface area contributed by atoms with E-state index in [2.05, 4.69) is 30.3 Å². The predicted molar refractivity (Wildman–Crippen MR) is 114 cm³/mol. The number of nitrogens with zero attached hydrogens (tertiary/aromatic N) is 3. The lowest BCUT2D eigenvalue weighted by Gasteiger charge is -2.08. The molecular formula is C19H23N7O2S. The van der Waals surface area contributed by atoms with E-state index >= 15 is 0 Å². The average Bonchev–Trinajstić information content (AvgIpc) is 3.57. The molecule has 9 nitrogen and oxygen atoms in total. The molecule has 2 heterocycles. The SMILES string of the molecule is CCOc1cncc(N/C=C(\C=N)C(=O)NCc2cc(NSC3CC3)ccn2)n1. The van der Waals surface area contributed by atoms with E-state index in [0.717, 1.165) is 17.6 Å². The van der Waals surface area contributed by atoms with Crippen LogP contribution >= 0.6 is 11.9 Å². The number of carbonyl (C=O) groups excluding carboxylic acids is 1. The van der Waals surface area contributed by atoms with Crippen molar-refractivity contribution in [3.05, 3.63) is 48.2 Å². The zero-order chi connectivity index (χ0) is 20.5. The molecule has 0 spiro atoms. The highest BCUT2D eigenvalue weighted by Crippen LogP contribution is 2.34. The van der Waals surface area contributed by atoms with E-state index < -0.39 is 5.91 Å². The van der Waals surface area contributed by atoms with Crippen LogP contribution in [0.4, 0.5) is 11.5 Å². The highest BCUT2D eigenvalue weighted by atomic mass is 32.2. The maximum absolute atomic E-state index is 12.4. The van der Waals surface area contributed by atoms with Crippen LogP contribution in [0.15, 0.2) is 42.5 Å². The summed E-state index contributed by atoms with van der Waals surface area (Å²) >= 11 is 1.71. The summed E-state index contributed by atoms with van der Waals surface area (Å²) in [4.78, 5) is 24.9. The summed E-state index contributed by atoms with van der Waals surface area (Å²) in [6, 6.07) is 3.79. The Hall–Kier alpha value is -3.14. The highest BCUT2D eigenvalue weighted by molar-refractivity contribution is 8.01. The molecule has 3 rings (SSSR count). The maximum Gasteiger partial charge on any atom is 0.254 e. The summed E-state index contributed by atoms with van der Waals surface area (Å²) in [6.45, 7) is 2.59. The molecule has 0 aliphatic heterocycles. The lowest BCUT2D eigenvalue weighted by atomic mass is 10.2. The molecule has 2 aromatic rings. The van der Waals surface area contributed by atoms with E-state index in [4.69, 9.17) is 10.1 Å². The van der Waals surface area contributed by atoms with Crippen molar-refractivity contribution in [1.82, 2.24) is 20.3 Å². The van der Waals surface area contributed by atoms with Crippen molar-refractivity contribution in [2.45, 2.75) is 31.6 Å². The van der Waals surface area contributed by atoms with Crippen molar-refractivity contribution in [2.75, 3.05) is 16.6 Å². The van der Waals surface area contributed by atoms with Crippen molar-refractivity contribution in [1.29, 1.82) is 5.41 Å². The second-order valence-electron chi connectivity index (χ2n) is 6.20. The average molecular weight is 414 g/mol. The Balaban J connectivity index is 1.54. The van der Waals surface area contributed by atoms with E-state index in [1.165, 1.54) is 31.4 Å². The number of anilines is 2. The number of amides is 1. The van der Waals surface area contributed by atoms with Crippen LogP contribution in [-0.4, -0.2) is 38.9 Å². The van der Waals surface area contributed by atoms with Gasteiger partial charge in [-0.05, 0) is 43.8 Å². The fraction of sp³-hybridized carbons (Fsp3) is 0.316. The van der Waals surface area contributed by atoms with Crippen LogP contribution in [-0.2, 0) is 11.3 Å². The van der Waals surface area contributed by atoms with Crippen LogP contribution in [0.5, 0.6) is 5.88 Å². The Morgan fingerprint density at radius 1 is 1.41 bits per heavy atom. The molecule has 10 heteroatoms. The molecule has 1 saturated carbocycles. The number of ether oxygens (including phenoxy) is 1. The molecule has 0 radical (unpaired) electrons. The fourth-order valence-corrected chi connectivity index (χ4v) is 3.01. The summed E-state index contributed by atoms with van der Waals surface area (Å²) in [7, 11) is 0. The first-order valence-corrected chi connectivity index (χ1v) is 10.1. The molecule has 0 atom stereocenters. The minimum absolute atomic E-state index is 0.146. The molecule has 0 saturated heterocycles. The molecule has 2 aromatic heterocycles. The van der Waals surface area contributed by atoms with Gasteiger partial charge in [-0.2, -0.15) is 4.98 Å². The van der Waals surface area contributed by atoms with E-state index in [9.17, 15) is 4.79 Å². The number of hydrogen-bond donors (Lipinski definition) is 4. The number of pyridine rings is 1. The molecule has 152 valence electrons. The van der Waals surface area contributed by atoms with Crippen LogP contribution in [0.25, 0.3) is 0 Å². The quantitative estimate of drug-likeness (QED) is 0.252. The molecule has 1 aliphatic carbocycles. The van der Waals surface area contributed by atoms with Gasteiger partial charge in [-0.25, -0.2) is 0 Å². The first-order valence-electron chi connectivity index (χ1n) is 9.24. The van der Waals surface area contributed by atoms with E-state index in [0.29, 0.717) is 23.6 Å². The Bertz CT molecular complexity index is 886. The van der Waals surface area contributed by atoms with Gasteiger partial charge >= 0.3 is 0 Å². The summed E-state index contributed by atoms with van der Waals surface area (Å²) in [5, 5.41) is 13.8. The summed E-state index contributed by atoms with van der Waals surface area (Å²) < 4.78 is 8.59. The Kier molecular flexibility index (Phi) is 7.40. The second-order valence-corrected chi connectivity index (χ2v) is 7.31. The molecule has 0 aromatic carbocycles. The molecule has 1 aliphatic rings. The smallest absolute Gasteiger partial charge is 0.254 e. The minimum atomic E-state index is -0.395. The zero-order valence-electron chi connectivity index (χ0n) is 16.0. The van der Waals surface area contributed by atoms with Crippen molar-refractivity contribution in [2.24, 2.45) is 0 Å². The number of aromatic nitrogens is 3. The van der Waals surface area contributed by atoms with Crippen LogP contribution in [0.1, 0.15) is 25.5 Å². The molecule has 0 bridgehead atoms. The van der Waals surface area contributed by atoms with E-state index in [-0.39, 0.29) is 12.1 Å². The summed E-state index contributed by atoms with van der Waals surface area (Å²) in [5.41, 5.74) is 1.83. The number of rotatable bonds is 11. The van der Waals surface area contributed by atoms with Crippen LogP contribution in [0.3, 0.4) is 0 Å². The molecule has 1 amide bonds. The van der Waals surface area contributed by atoms with Gasteiger partial charge in [-0.3, -0.25) is 14.8 Å². The van der Waals surface area contributed by atoms with Gasteiger partial charge in [-0.1, -0.05) is 0 Å². The second kappa shape index (κ2) is 10.4. The first-order chi connectivity index (χ1) is 14.2. The zero-order valence-corrected chi connectivity index (χ0v) is 16.8. The number of nitrogens with one attached hydrogen (secondary N) is 4. The highest BCUT2D eigenvalue weighted by Gasteiger charge is 2.22. The number of carbonyl (C=O) groups is 1. The van der Waals surface area contributed by atoms with Crippen LogP contribution in [0.2, 0.25) is 0 Å². The molecule has 29 heavy (non-hydrogen) atoms. The Morgan fingerprint density at radius 3 is 3.03 bits per heavy atom. The predicted octanol–water partition coefficient (Wildman–Crippen LogP) is 2.75. The van der Waals surface area contributed by atoms with Crippen molar-refractivity contribution < 1.29 is 9.53 Å². The number of hydrogen-bond acceptors (Lipinski definition) is 9. The molecular weight excluding hydrogens is 390 g/mol. The van der Waals surface area contributed by atoms with E-state index in [1.807, 2.05) is 19.1 Å². The van der Waals surface area contributed by atoms with Crippen molar-refractivity contribution >= 4 is 35.6 Å². The van der Waals surface area contributed by atoms with Gasteiger partial charge in [0, 0.05) is 29.5 Å². The molecule has 1 fully saturated rings. The first kappa shape index (κ1) is 20.6. The third kappa shape index (κ3) is 6.75. The van der Waals surface area contributed by atoms with Gasteiger partial charge in [-0.15, -0.1) is 0 Å². The summed E-state index contributed by atoms with van der Waals surface area (Å²) in [6.07, 6.45) is 9.58. The Morgan fingerprint density at radius 2 is 2.28 bits per heavy atom. The molecule has 4 N–H and O–H groups in total. The fourth-order valence-electron chi connectivity index (χ4n) is 2.21. The Labute approximate surface area is 173 Å². The monoisotopic (exact) mass is 413 g/mol. The minimum Gasteiger partial charge on any atom is -0.477 e. The topological polar surface area (TPSA) is 125 Å². The van der Waals surface area contributed by atoms with Crippen molar-refractivity contribution in [3.8, 4) is 5.88 Å². The third-order valence-corrected chi connectivity index (χ3v) is 4.97. The standard InChI is InChI=1S/C19H23N7O2S/c1-2-28-18-12-21-11-17(25-18)23-9-13(8-20)19(27)24-10-15-7-14(5-6-22-15)26-29-16-3-4-16/h5-9,11-12,16,20H,2-4,10H2,1H3,(H,22,26)(H,23,25)(H,24,27)/b13-9+,20-8?. The third-order valence-electron chi connectivity index (χ3n) is 3.81. The van der Waals surface area contributed by atoms with Crippen LogP contribution in [0, 0.1) is 5.41 Å². The van der Waals surface area contributed by atoms with Gasteiger partial charge < -0.3 is 25.5 Å². The van der Waals surface area contributed by atoms with Gasteiger partial charge in [0.25, 0.3) is 5.91 Å². The maximum atomic E-state index is 12.4. The van der Waals surface area contributed by atoms with Gasteiger partial charge in [0.15, 0.2) is 5.82 Å². The van der Waals surface area contributed by atoms with Gasteiger partial charge in [0.05, 0.1) is 36.8 Å². The van der Waals surface area contributed by atoms with Gasteiger partial charge in [0.2, 0.25) is 5.88 Å². The van der Waals surface area contributed by atoms with Gasteiger partial charge in [0.1, 0.15) is 0 Å². The normalized spacial score (nSPS) is 13.5. The van der Waals surface area contributed by atoms with E-state index in [1.54, 1.807) is 18.1 Å². The van der Waals surface area contributed by atoms with Crippen molar-refractivity contribution in [3.63, 3.8) is 0 Å². The summed E-state index contributed by atoms with van der Waals surface area (Å²) in [5.74, 6) is 0.400. The largest absolute Gasteiger partial charge is 0.477 e.